The van der Waals surface area contributed by atoms with Gasteiger partial charge in [0.1, 0.15) is 0 Å². The quantitative estimate of drug-likeness (QED) is 0.760. The van der Waals surface area contributed by atoms with Gasteiger partial charge in [0.05, 0.1) is 11.5 Å². The fourth-order valence-electron chi connectivity index (χ4n) is 2.48. The third-order valence-electron chi connectivity index (χ3n) is 3.72. The Morgan fingerprint density at radius 3 is 2.41 bits per heavy atom. The lowest BCUT2D eigenvalue weighted by atomic mass is 10.1. The first-order chi connectivity index (χ1) is 10.6. The lowest BCUT2D eigenvalue weighted by molar-refractivity contribution is 0.252. The molecule has 0 spiro atoms. The van der Waals surface area contributed by atoms with Crippen molar-refractivity contribution in [3.8, 4) is 0 Å². The lowest BCUT2D eigenvalue weighted by Gasteiger charge is -2.21. The highest BCUT2D eigenvalue weighted by Crippen LogP contribution is 2.22. The van der Waals surface area contributed by atoms with Gasteiger partial charge in [-0.25, -0.2) is 8.42 Å². The second-order valence-electron chi connectivity index (χ2n) is 5.34. The minimum absolute atomic E-state index is 0.138. The molecule has 120 valence electrons. The molecule has 0 aromatic heterocycles. The summed E-state index contributed by atoms with van der Waals surface area (Å²) < 4.78 is 26.9. The lowest BCUT2D eigenvalue weighted by Crippen LogP contribution is -2.34. The van der Waals surface area contributed by atoms with E-state index in [1.54, 1.807) is 12.1 Å². The molecule has 0 bridgehead atoms. The van der Waals surface area contributed by atoms with Gasteiger partial charge in [0.15, 0.2) is 0 Å². The van der Waals surface area contributed by atoms with Crippen molar-refractivity contribution in [3.63, 3.8) is 0 Å². The molecule has 2 aromatic rings. The van der Waals surface area contributed by atoms with Gasteiger partial charge in [-0.1, -0.05) is 50.1 Å². The van der Waals surface area contributed by atoms with Crippen molar-refractivity contribution >= 4 is 20.8 Å². The van der Waals surface area contributed by atoms with Gasteiger partial charge in [0.2, 0.25) is 10.0 Å². The van der Waals surface area contributed by atoms with Gasteiger partial charge in [-0.2, -0.15) is 4.31 Å². The number of aliphatic hydroxyl groups is 1. The zero-order valence-electron chi connectivity index (χ0n) is 12.9. The van der Waals surface area contributed by atoms with Crippen LogP contribution in [-0.2, 0) is 10.0 Å². The summed E-state index contributed by atoms with van der Waals surface area (Å²) >= 11 is 0. The largest absolute Gasteiger partial charge is 0.395 e. The summed E-state index contributed by atoms with van der Waals surface area (Å²) in [5, 5.41) is 11.1. The highest BCUT2D eigenvalue weighted by Gasteiger charge is 2.23. The van der Waals surface area contributed by atoms with Crippen molar-refractivity contribution in [1.82, 2.24) is 4.31 Å². The van der Waals surface area contributed by atoms with Crippen LogP contribution in [-0.4, -0.2) is 37.5 Å². The maximum absolute atomic E-state index is 12.8. The molecule has 0 saturated carbocycles. The van der Waals surface area contributed by atoms with E-state index in [0.717, 1.165) is 30.0 Å². The van der Waals surface area contributed by atoms with Crippen molar-refractivity contribution in [2.75, 3.05) is 19.7 Å². The molecule has 2 aromatic carbocycles. The van der Waals surface area contributed by atoms with Crippen LogP contribution in [0.25, 0.3) is 10.8 Å². The normalized spacial score (nSPS) is 12.1. The van der Waals surface area contributed by atoms with Gasteiger partial charge >= 0.3 is 0 Å². The van der Waals surface area contributed by atoms with E-state index in [2.05, 4.69) is 6.92 Å². The zero-order chi connectivity index (χ0) is 16.0. The van der Waals surface area contributed by atoms with Crippen molar-refractivity contribution < 1.29 is 13.5 Å². The second-order valence-corrected chi connectivity index (χ2v) is 7.28. The van der Waals surface area contributed by atoms with Crippen LogP contribution in [0.5, 0.6) is 0 Å². The molecule has 0 saturated heterocycles. The van der Waals surface area contributed by atoms with E-state index in [-0.39, 0.29) is 18.0 Å². The van der Waals surface area contributed by atoms with Gasteiger partial charge in [-0.15, -0.1) is 0 Å². The van der Waals surface area contributed by atoms with E-state index in [1.165, 1.54) is 4.31 Å². The molecule has 2 rings (SSSR count). The Kier molecular flexibility index (Phi) is 5.94. The maximum Gasteiger partial charge on any atom is 0.243 e. The molecule has 22 heavy (non-hydrogen) atoms. The minimum Gasteiger partial charge on any atom is -0.395 e. The first-order valence-corrected chi connectivity index (χ1v) is 9.13. The Morgan fingerprint density at radius 2 is 1.73 bits per heavy atom. The number of hydrogen-bond donors (Lipinski definition) is 1. The van der Waals surface area contributed by atoms with Crippen LogP contribution in [0, 0.1) is 0 Å². The number of fused-ring (bicyclic) bond motifs is 1. The molecule has 5 heteroatoms. The SMILES string of the molecule is CCCCCN(CCO)S(=O)(=O)c1ccc2ccccc2c1. The summed E-state index contributed by atoms with van der Waals surface area (Å²) in [6, 6.07) is 12.9. The van der Waals surface area contributed by atoms with Gasteiger partial charge in [0, 0.05) is 13.1 Å². The molecular formula is C17H23NO3S. The molecule has 0 aliphatic heterocycles. The molecule has 0 unspecified atom stereocenters. The second kappa shape index (κ2) is 7.72. The number of nitrogens with zero attached hydrogens (tertiary/aromatic N) is 1. The van der Waals surface area contributed by atoms with E-state index in [9.17, 15) is 8.42 Å². The number of rotatable bonds is 8. The van der Waals surface area contributed by atoms with E-state index in [0.29, 0.717) is 6.54 Å². The average Bonchev–Trinajstić information content (AvgIpc) is 2.53. The summed E-state index contributed by atoms with van der Waals surface area (Å²) in [6.45, 7) is 2.50. The Bertz CT molecular complexity index is 713. The smallest absolute Gasteiger partial charge is 0.243 e. The molecule has 0 heterocycles. The summed E-state index contributed by atoms with van der Waals surface area (Å²) in [5.41, 5.74) is 0. The Balaban J connectivity index is 2.31. The van der Waals surface area contributed by atoms with Crippen LogP contribution in [0.1, 0.15) is 26.2 Å². The minimum atomic E-state index is -3.56. The van der Waals surface area contributed by atoms with Crippen LogP contribution < -0.4 is 0 Å². The zero-order valence-corrected chi connectivity index (χ0v) is 13.7. The predicted molar refractivity (Wildman–Crippen MR) is 89.3 cm³/mol. The van der Waals surface area contributed by atoms with E-state index in [4.69, 9.17) is 5.11 Å². The highest BCUT2D eigenvalue weighted by molar-refractivity contribution is 7.89. The van der Waals surface area contributed by atoms with Crippen molar-refractivity contribution in [3.05, 3.63) is 42.5 Å². The topological polar surface area (TPSA) is 57.6 Å². The number of hydrogen-bond acceptors (Lipinski definition) is 3. The number of sulfonamides is 1. The predicted octanol–water partition coefficient (Wildman–Crippen LogP) is 3.01. The standard InChI is InChI=1S/C17H23NO3S/c1-2-3-6-11-18(12-13-19)22(20,21)17-10-9-15-7-4-5-8-16(15)14-17/h4-5,7-10,14,19H,2-3,6,11-13H2,1H3. The molecule has 0 aliphatic rings. The van der Waals surface area contributed by atoms with Crippen LogP contribution in [0.3, 0.4) is 0 Å². The van der Waals surface area contributed by atoms with Crippen LogP contribution >= 0.6 is 0 Å². The van der Waals surface area contributed by atoms with Crippen LogP contribution in [0.15, 0.2) is 47.4 Å². The van der Waals surface area contributed by atoms with Gasteiger partial charge in [-0.3, -0.25) is 0 Å². The van der Waals surface area contributed by atoms with Gasteiger partial charge in [0.25, 0.3) is 0 Å². The monoisotopic (exact) mass is 321 g/mol. The number of benzene rings is 2. The molecule has 0 aliphatic carbocycles. The van der Waals surface area contributed by atoms with E-state index < -0.39 is 10.0 Å². The summed E-state index contributed by atoms with van der Waals surface area (Å²) in [7, 11) is -3.56. The fourth-order valence-corrected chi connectivity index (χ4v) is 3.98. The molecular weight excluding hydrogens is 298 g/mol. The van der Waals surface area contributed by atoms with Crippen molar-refractivity contribution in [1.29, 1.82) is 0 Å². The third-order valence-corrected chi connectivity index (χ3v) is 5.61. The van der Waals surface area contributed by atoms with Crippen LogP contribution in [0.2, 0.25) is 0 Å². The fraction of sp³-hybridized carbons (Fsp3) is 0.412. The Hall–Kier alpha value is -1.43. The number of unbranched alkanes of at least 4 members (excludes halogenated alkanes) is 2. The molecule has 0 fully saturated rings. The first kappa shape index (κ1) is 16.9. The molecule has 0 radical (unpaired) electrons. The summed E-state index contributed by atoms with van der Waals surface area (Å²) in [5.74, 6) is 0. The Morgan fingerprint density at radius 1 is 1.00 bits per heavy atom. The highest BCUT2D eigenvalue weighted by atomic mass is 32.2. The maximum atomic E-state index is 12.8. The van der Waals surface area contributed by atoms with Gasteiger partial charge < -0.3 is 5.11 Å². The number of aliphatic hydroxyl groups excluding tert-OH is 1. The van der Waals surface area contributed by atoms with Gasteiger partial charge in [-0.05, 0) is 29.3 Å². The van der Waals surface area contributed by atoms with Crippen LogP contribution in [0.4, 0.5) is 0 Å². The first-order valence-electron chi connectivity index (χ1n) is 7.69. The van der Waals surface area contributed by atoms with Crippen molar-refractivity contribution in [2.45, 2.75) is 31.1 Å². The summed E-state index contributed by atoms with van der Waals surface area (Å²) in [4.78, 5) is 0.288. The summed E-state index contributed by atoms with van der Waals surface area (Å²) in [6.07, 6.45) is 2.82. The average molecular weight is 321 g/mol. The van der Waals surface area contributed by atoms with E-state index in [1.807, 2.05) is 30.3 Å². The third kappa shape index (κ3) is 3.85. The molecule has 0 atom stereocenters. The molecule has 0 amide bonds. The molecule has 4 nitrogen and oxygen atoms in total. The Labute approximate surface area is 132 Å². The molecule has 1 N–H and O–H groups in total. The van der Waals surface area contributed by atoms with Crippen molar-refractivity contribution in [2.24, 2.45) is 0 Å². The van der Waals surface area contributed by atoms with E-state index >= 15 is 0 Å².